The van der Waals surface area contributed by atoms with E-state index in [1.54, 1.807) is 19.1 Å². The van der Waals surface area contributed by atoms with E-state index >= 15 is 0 Å². The third-order valence-electron chi connectivity index (χ3n) is 1.78. The minimum atomic E-state index is -0.453. The fraction of sp³-hybridized carbons (Fsp3) is 0.167. The molecule has 0 fully saturated rings. The number of carbonyl (C=O) groups is 2. The van der Waals surface area contributed by atoms with Crippen LogP contribution >= 0.6 is 22.6 Å². The van der Waals surface area contributed by atoms with Crippen LogP contribution in [0.4, 0.5) is 5.69 Å². The molecule has 0 radical (unpaired) electrons. The highest BCUT2D eigenvalue weighted by atomic mass is 127. The second kappa shape index (κ2) is 6.91. The first-order valence-corrected chi connectivity index (χ1v) is 5.95. The van der Waals surface area contributed by atoms with Crippen molar-refractivity contribution in [3.05, 3.63) is 27.8 Å². The van der Waals surface area contributed by atoms with Crippen LogP contribution in [-0.4, -0.2) is 18.4 Å². The molecule has 2 amide bonds. The van der Waals surface area contributed by atoms with E-state index in [1.165, 1.54) is 0 Å². The molecule has 2 N–H and O–H groups in total. The van der Waals surface area contributed by atoms with Gasteiger partial charge in [-0.1, -0.05) is 5.92 Å². The van der Waals surface area contributed by atoms with Crippen LogP contribution in [0.25, 0.3) is 0 Å². The van der Waals surface area contributed by atoms with Gasteiger partial charge in [0.05, 0.1) is 6.54 Å². The van der Waals surface area contributed by atoms with E-state index in [1.807, 2.05) is 12.1 Å². The van der Waals surface area contributed by atoms with Crippen molar-refractivity contribution in [2.75, 3.05) is 11.9 Å². The Labute approximate surface area is 113 Å². The Hall–Kier alpha value is -1.55. The van der Waals surface area contributed by atoms with Gasteiger partial charge < -0.3 is 10.6 Å². The molecule has 0 heterocycles. The summed E-state index contributed by atoms with van der Waals surface area (Å²) < 4.78 is 1.09. The summed E-state index contributed by atoms with van der Waals surface area (Å²) in [6.07, 6.45) is 0. The van der Waals surface area contributed by atoms with E-state index in [0.29, 0.717) is 5.69 Å². The lowest BCUT2D eigenvalue weighted by molar-refractivity contribution is -0.120. The van der Waals surface area contributed by atoms with Crippen LogP contribution in [0.15, 0.2) is 24.3 Å². The molecule has 0 aliphatic carbocycles. The van der Waals surface area contributed by atoms with Gasteiger partial charge in [0.15, 0.2) is 0 Å². The van der Waals surface area contributed by atoms with E-state index in [-0.39, 0.29) is 12.5 Å². The van der Waals surface area contributed by atoms with Gasteiger partial charge in [0.1, 0.15) is 0 Å². The zero-order chi connectivity index (χ0) is 12.7. The van der Waals surface area contributed by atoms with Crippen LogP contribution in [0.3, 0.4) is 0 Å². The lowest BCUT2D eigenvalue weighted by Crippen LogP contribution is -2.31. The quantitative estimate of drug-likeness (QED) is 0.644. The maximum Gasteiger partial charge on any atom is 0.296 e. The van der Waals surface area contributed by atoms with E-state index in [9.17, 15) is 9.59 Å². The fourth-order valence-corrected chi connectivity index (χ4v) is 1.42. The normalized spacial score (nSPS) is 8.82. The number of rotatable bonds is 3. The van der Waals surface area contributed by atoms with Gasteiger partial charge in [-0.3, -0.25) is 9.59 Å². The van der Waals surface area contributed by atoms with Crippen molar-refractivity contribution in [1.82, 2.24) is 5.32 Å². The molecule has 4 nitrogen and oxygen atoms in total. The number of hydrogen-bond acceptors (Lipinski definition) is 2. The molecule has 0 aliphatic rings. The molecule has 1 aromatic carbocycles. The van der Waals surface area contributed by atoms with Gasteiger partial charge in [-0.25, -0.2) is 0 Å². The number of benzene rings is 1. The number of halogens is 1. The van der Waals surface area contributed by atoms with Crippen molar-refractivity contribution < 1.29 is 9.59 Å². The summed E-state index contributed by atoms with van der Waals surface area (Å²) in [6, 6.07) is 7.37. The SMILES string of the molecule is CC#CC(=O)NCC(=O)Nc1ccc(I)cc1. The van der Waals surface area contributed by atoms with Crippen LogP contribution in [0.5, 0.6) is 0 Å². The molecular formula is C12H11IN2O2. The Morgan fingerprint density at radius 3 is 2.53 bits per heavy atom. The lowest BCUT2D eigenvalue weighted by atomic mass is 10.3. The molecule has 1 rings (SSSR count). The largest absolute Gasteiger partial charge is 0.336 e. The van der Waals surface area contributed by atoms with Crippen molar-refractivity contribution in [3.63, 3.8) is 0 Å². The molecule has 0 aromatic heterocycles. The second-order valence-electron chi connectivity index (χ2n) is 3.11. The second-order valence-corrected chi connectivity index (χ2v) is 4.36. The fourth-order valence-electron chi connectivity index (χ4n) is 1.06. The summed E-state index contributed by atoms with van der Waals surface area (Å²) in [4.78, 5) is 22.4. The summed E-state index contributed by atoms with van der Waals surface area (Å²) in [5.74, 6) is 4.01. The average Bonchev–Trinajstić information content (AvgIpc) is 2.30. The van der Waals surface area contributed by atoms with E-state index < -0.39 is 5.91 Å². The predicted octanol–water partition coefficient (Wildman–Crippen LogP) is 1.37. The molecule has 0 aliphatic heterocycles. The average molecular weight is 342 g/mol. The van der Waals surface area contributed by atoms with Gasteiger partial charge in [0, 0.05) is 9.26 Å². The van der Waals surface area contributed by atoms with Gasteiger partial charge in [-0.15, -0.1) is 0 Å². The van der Waals surface area contributed by atoms with Crippen molar-refractivity contribution in [2.24, 2.45) is 0 Å². The van der Waals surface area contributed by atoms with Crippen LogP contribution < -0.4 is 10.6 Å². The molecule has 5 heteroatoms. The first-order valence-electron chi connectivity index (χ1n) is 4.88. The van der Waals surface area contributed by atoms with Gasteiger partial charge >= 0.3 is 0 Å². The first-order chi connectivity index (χ1) is 8.11. The number of anilines is 1. The maximum atomic E-state index is 11.4. The highest BCUT2D eigenvalue weighted by molar-refractivity contribution is 14.1. The molecule has 17 heavy (non-hydrogen) atoms. The lowest BCUT2D eigenvalue weighted by Gasteiger charge is -2.05. The van der Waals surface area contributed by atoms with Gasteiger partial charge in [0.25, 0.3) is 5.91 Å². The molecule has 1 aromatic rings. The molecule has 0 saturated carbocycles. The van der Waals surface area contributed by atoms with Gasteiger partial charge in [-0.05, 0) is 59.7 Å². The Morgan fingerprint density at radius 2 is 1.94 bits per heavy atom. The molecule has 0 unspecified atom stereocenters. The van der Waals surface area contributed by atoms with Crippen LogP contribution in [0.2, 0.25) is 0 Å². The highest BCUT2D eigenvalue weighted by Crippen LogP contribution is 2.10. The Kier molecular flexibility index (Phi) is 5.49. The standard InChI is InChI=1S/C12H11IN2O2/c1-2-3-11(16)14-8-12(17)15-10-6-4-9(13)5-7-10/h4-7H,8H2,1H3,(H,14,16)(H,15,17). The Morgan fingerprint density at radius 1 is 1.29 bits per heavy atom. The molecule has 0 saturated heterocycles. The van der Waals surface area contributed by atoms with Crippen molar-refractivity contribution in [3.8, 4) is 11.8 Å². The zero-order valence-corrected chi connectivity index (χ0v) is 11.4. The van der Waals surface area contributed by atoms with Crippen molar-refractivity contribution in [1.29, 1.82) is 0 Å². The first kappa shape index (κ1) is 13.5. The molecule has 0 bridgehead atoms. The number of nitrogens with one attached hydrogen (secondary N) is 2. The third kappa shape index (κ3) is 5.36. The van der Waals surface area contributed by atoms with E-state index in [2.05, 4.69) is 45.1 Å². The van der Waals surface area contributed by atoms with Crippen LogP contribution in [0.1, 0.15) is 6.92 Å². The summed E-state index contributed by atoms with van der Waals surface area (Å²) in [5.41, 5.74) is 0.700. The molecule has 0 spiro atoms. The van der Waals surface area contributed by atoms with Crippen molar-refractivity contribution in [2.45, 2.75) is 6.92 Å². The minimum Gasteiger partial charge on any atom is -0.336 e. The maximum absolute atomic E-state index is 11.4. The molecular weight excluding hydrogens is 331 g/mol. The Bertz CT molecular complexity index is 472. The third-order valence-corrected chi connectivity index (χ3v) is 2.50. The summed E-state index contributed by atoms with van der Waals surface area (Å²) in [7, 11) is 0. The zero-order valence-electron chi connectivity index (χ0n) is 9.21. The number of carbonyl (C=O) groups excluding carboxylic acids is 2. The predicted molar refractivity (Wildman–Crippen MR) is 74.2 cm³/mol. The van der Waals surface area contributed by atoms with E-state index in [0.717, 1.165) is 3.57 Å². The highest BCUT2D eigenvalue weighted by Gasteiger charge is 2.03. The topological polar surface area (TPSA) is 58.2 Å². The van der Waals surface area contributed by atoms with Gasteiger partial charge in [-0.2, -0.15) is 0 Å². The van der Waals surface area contributed by atoms with Crippen LogP contribution in [-0.2, 0) is 9.59 Å². The summed E-state index contributed by atoms with van der Waals surface area (Å²) >= 11 is 2.18. The monoisotopic (exact) mass is 342 g/mol. The molecule has 0 atom stereocenters. The van der Waals surface area contributed by atoms with Gasteiger partial charge in [0.2, 0.25) is 5.91 Å². The smallest absolute Gasteiger partial charge is 0.296 e. The number of hydrogen-bond donors (Lipinski definition) is 2. The Balaban J connectivity index is 2.41. The van der Waals surface area contributed by atoms with Crippen molar-refractivity contribution >= 4 is 40.1 Å². The molecule has 88 valence electrons. The van der Waals surface area contributed by atoms with E-state index in [4.69, 9.17) is 0 Å². The minimum absolute atomic E-state index is 0.0838. The summed E-state index contributed by atoms with van der Waals surface area (Å²) in [6.45, 7) is 1.48. The summed E-state index contributed by atoms with van der Waals surface area (Å²) in [5, 5.41) is 5.05. The van der Waals surface area contributed by atoms with Crippen LogP contribution in [0, 0.1) is 15.4 Å². The number of amides is 2.